The molecular formula is C40H22N10. The van der Waals surface area contributed by atoms with E-state index in [1.54, 1.807) is 12.4 Å². The minimum Gasteiger partial charge on any atom is -0.370 e. The zero-order chi connectivity index (χ0) is 33.6. The van der Waals surface area contributed by atoms with Crippen LogP contribution >= 0.6 is 0 Å². The number of nitrogens with zero attached hydrogens (tertiary/aromatic N) is 10. The van der Waals surface area contributed by atoms with Gasteiger partial charge in [-0.2, -0.15) is 0 Å². The standard InChI is InChI=1S/C40H22N10/c1-41-35-36(42-2)48-40-39(47-35)49(31-21-11-15-25-13-3-5-17-27(25)31)37-38(50(40)32-22-12-16-26-14-4-6-18-28(26)32)46-34(30-20-8-10-24-44-30)33(45-37)29-19-7-9-23-43-29/h3-24H. The molecule has 8 aromatic rings. The van der Waals surface area contributed by atoms with Gasteiger partial charge in [0.05, 0.1) is 22.8 Å². The number of pyridine rings is 2. The van der Waals surface area contributed by atoms with Crippen LogP contribution in [0.5, 0.6) is 0 Å². The highest BCUT2D eigenvalue weighted by atomic mass is 15.4. The second-order valence-corrected chi connectivity index (χ2v) is 11.4. The van der Waals surface area contributed by atoms with Crippen LogP contribution in [0.3, 0.4) is 0 Å². The second kappa shape index (κ2) is 11.6. The van der Waals surface area contributed by atoms with Gasteiger partial charge in [0.1, 0.15) is 11.4 Å². The molecule has 0 atom stereocenters. The maximum atomic E-state index is 7.95. The summed E-state index contributed by atoms with van der Waals surface area (Å²) in [6, 6.07) is 39.4. The molecule has 10 nitrogen and oxygen atoms in total. The topological polar surface area (TPSA) is 92.5 Å². The molecule has 0 saturated heterocycles. The molecule has 232 valence electrons. The molecule has 0 bridgehead atoms. The number of aromatic nitrogens is 6. The van der Waals surface area contributed by atoms with Crippen LogP contribution in [0.1, 0.15) is 0 Å². The maximum Gasteiger partial charge on any atom is 0.300 e. The molecule has 0 N–H and O–H groups in total. The summed E-state index contributed by atoms with van der Waals surface area (Å²) in [5.41, 5.74) is 3.78. The molecule has 1 aliphatic heterocycles. The molecule has 0 aliphatic carbocycles. The van der Waals surface area contributed by atoms with E-state index < -0.39 is 0 Å². The van der Waals surface area contributed by atoms with Crippen molar-refractivity contribution < 1.29 is 0 Å². The number of rotatable bonds is 4. The summed E-state index contributed by atoms with van der Waals surface area (Å²) in [5.74, 6) is 1.37. The first-order valence-corrected chi connectivity index (χ1v) is 15.7. The Morgan fingerprint density at radius 1 is 0.420 bits per heavy atom. The molecule has 4 aromatic heterocycles. The van der Waals surface area contributed by atoms with E-state index in [-0.39, 0.29) is 11.6 Å². The molecular weight excluding hydrogens is 621 g/mol. The van der Waals surface area contributed by atoms with Gasteiger partial charge in [-0.1, -0.05) is 98.1 Å². The average Bonchev–Trinajstić information content (AvgIpc) is 3.19. The number of hydrogen-bond acceptors (Lipinski definition) is 8. The van der Waals surface area contributed by atoms with Crippen molar-refractivity contribution in [2.75, 3.05) is 9.80 Å². The lowest BCUT2D eigenvalue weighted by Crippen LogP contribution is -2.28. The molecule has 0 amide bonds. The zero-order valence-corrected chi connectivity index (χ0v) is 26.2. The van der Waals surface area contributed by atoms with Crippen molar-refractivity contribution in [1.82, 2.24) is 29.9 Å². The van der Waals surface area contributed by atoms with E-state index in [0.29, 0.717) is 46.0 Å². The Hall–Kier alpha value is -7.56. The first kappa shape index (κ1) is 28.6. The Bertz CT molecular complexity index is 2500. The molecule has 50 heavy (non-hydrogen) atoms. The van der Waals surface area contributed by atoms with Crippen molar-refractivity contribution in [3.63, 3.8) is 0 Å². The molecule has 4 aromatic carbocycles. The van der Waals surface area contributed by atoms with Gasteiger partial charge in [0, 0.05) is 23.2 Å². The zero-order valence-electron chi connectivity index (χ0n) is 26.2. The Kier molecular flexibility index (Phi) is 6.65. The SMILES string of the molecule is [C-]#[N+]c1nc2c(nc1[N+]#[C-])N(c1cccc3ccccc13)c1nc(-c3ccccn3)c(-c3ccccn3)nc1N2c1cccc2ccccc12. The minimum absolute atomic E-state index is 0.103. The summed E-state index contributed by atoms with van der Waals surface area (Å²) in [6.45, 7) is 15.9. The van der Waals surface area contributed by atoms with Gasteiger partial charge < -0.3 is 9.69 Å². The lowest BCUT2D eigenvalue weighted by atomic mass is 10.1. The van der Waals surface area contributed by atoms with Gasteiger partial charge in [-0.05, 0) is 47.2 Å². The minimum atomic E-state index is -0.103. The van der Waals surface area contributed by atoms with E-state index in [1.807, 2.05) is 131 Å². The third-order valence-corrected chi connectivity index (χ3v) is 8.57. The lowest BCUT2D eigenvalue weighted by molar-refractivity contribution is 1.00. The largest absolute Gasteiger partial charge is 0.370 e. The molecule has 0 radical (unpaired) electrons. The predicted octanol–water partition coefficient (Wildman–Crippen LogP) is 10.1. The monoisotopic (exact) mass is 642 g/mol. The van der Waals surface area contributed by atoms with Crippen molar-refractivity contribution in [3.8, 4) is 22.8 Å². The Balaban J connectivity index is 1.47. The van der Waals surface area contributed by atoms with E-state index in [4.69, 9.17) is 33.1 Å². The summed E-state index contributed by atoms with van der Waals surface area (Å²) in [5, 5.41) is 3.87. The van der Waals surface area contributed by atoms with E-state index in [9.17, 15) is 0 Å². The van der Waals surface area contributed by atoms with Crippen LogP contribution in [0.25, 0.3) is 54.0 Å². The van der Waals surface area contributed by atoms with Crippen LogP contribution in [0.15, 0.2) is 134 Å². The van der Waals surface area contributed by atoms with Gasteiger partial charge in [-0.3, -0.25) is 19.8 Å². The van der Waals surface area contributed by atoms with Crippen LogP contribution < -0.4 is 9.80 Å². The first-order chi connectivity index (χ1) is 24.7. The molecule has 10 heteroatoms. The second-order valence-electron chi connectivity index (χ2n) is 11.4. The summed E-state index contributed by atoms with van der Waals surface area (Å²) >= 11 is 0. The summed E-state index contributed by atoms with van der Waals surface area (Å²) in [6.07, 6.45) is 3.44. The van der Waals surface area contributed by atoms with Gasteiger partial charge in [-0.15, -0.1) is 9.97 Å². The summed E-state index contributed by atoms with van der Waals surface area (Å²) < 4.78 is 0. The van der Waals surface area contributed by atoms with Crippen LogP contribution in [-0.4, -0.2) is 29.9 Å². The fourth-order valence-corrected chi connectivity index (χ4v) is 6.39. The van der Waals surface area contributed by atoms with E-state index in [2.05, 4.69) is 19.7 Å². The number of fused-ring (bicyclic) bond motifs is 4. The van der Waals surface area contributed by atoms with Crippen LogP contribution in [0.4, 0.5) is 46.3 Å². The quantitative estimate of drug-likeness (QED) is 0.175. The van der Waals surface area contributed by atoms with E-state index in [0.717, 1.165) is 32.9 Å². The van der Waals surface area contributed by atoms with Crippen molar-refractivity contribution in [2.45, 2.75) is 0 Å². The van der Waals surface area contributed by atoms with Crippen molar-refractivity contribution in [3.05, 3.63) is 157 Å². The fraction of sp³-hybridized carbons (Fsp3) is 0. The summed E-state index contributed by atoms with van der Waals surface area (Å²) in [7, 11) is 0. The number of hydrogen-bond donors (Lipinski definition) is 0. The van der Waals surface area contributed by atoms with Gasteiger partial charge >= 0.3 is 11.6 Å². The van der Waals surface area contributed by atoms with Crippen molar-refractivity contribution >= 4 is 67.8 Å². The van der Waals surface area contributed by atoms with Crippen LogP contribution in [-0.2, 0) is 0 Å². The average molecular weight is 643 g/mol. The van der Waals surface area contributed by atoms with Gasteiger partial charge in [0.25, 0.3) is 11.6 Å². The molecule has 9 rings (SSSR count). The normalized spacial score (nSPS) is 11.9. The third kappa shape index (κ3) is 4.48. The van der Waals surface area contributed by atoms with E-state index >= 15 is 0 Å². The smallest absolute Gasteiger partial charge is 0.300 e. The number of anilines is 6. The van der Waals surface area contributed by atoms with Crippen LogP contribution in [0.2, 0.25) is 0 Å². The maximum absolute atomic E-state index is 7.95. The highest BCUT2D eigenvalue weighted by Crippen LogP contribution is 2.55. The highest BCUT2D eigenvalue weighted by Gasteiger charge is 2.43. The Morgan fingerprint density at radius 3 is 1.24 bits per heavy atom. The first-order valence-electron chi connectivity index (χ1n) is 15.7. The molecule has 5 heterocycles. The summed E-state index contributed by atoms with van der Waals surface area (Å²) in [4.78, 5) is 40.9. The molecule has 0 saturated carbocycles. The van der Waals surface area contributed by atoms with Crippen molar-refractivity contribution in [2.24, 2.45) is 0 Å². The van der Waals surface area contributed by atoms with Crippen LogP contribution in [0, 0.1) is 13.1 Å². The van der Waals surface area contributed by atoms with Gasteiger partial charge in [0.2, 0.25) is 0 Å². The molecule has 0 unspecified atom stereocenters. The Morgan fingerprint density at radius 2 is 0.820 bits per heavy atom. The Labute approximate surface area is 286 Å². The predicted molar refractivity (Wildman–Crippen MR) is 195 cm³/mol. The van der Waals surface area contributed by atoms with Gasteiger partial charge in [-0.25, -0.2) is 9.97 Å². The van der Waals surface area contributed by atoms with Gasteiger partial charge in [0.15, 0.2) is 11.6 Å². The third-order valence-electron chi connectivity index (χ3n) is 8.57. The fourth-order valence-electron chi connectivity index (χ4n) is 6.39. The van der Waals surface area contributed by atoms with E-state index in [1.165, 1.54) is 0 Å². The molecule has 1 aliphatic rings. The highest BCUT2D eigenvalue weighted by molar-refractivity contribution is 6.08. The molecule has 0 fully saturated rings. The molecule has 0 spiro atoms. The number of benzene rings is 4. The lowest BCUT2D eigenvalue weighted by Gasteiger charge is -2.35. The van der Waals surface area contributed by atoms with Crippen molar-refractivity contribution in [1.29, 1.82) is 0 Å².